The lowest BCUT2D eigenvalue weighted by atomic mass is 10.4. The molecule has 0 bridgehead atoms. The second-order valence-electron chi connectivity index (χ2n) is 3.65. The number of carbonyl (C=O) groups excluding carboxylic acids is 1. The second kappa shape index (κ2) is 10.1. The van der Waals surface area contributed by atoms with Gasteiger partial charge in [-0.25, -0.2) is 0 Å². The number of hydrogen-bond donors (Lipinski definition) is 1. The third-order valence-corrected chi connectivity index (χ3v) is 1.90. The summed E-state index contributed by atoms with van der Waals surface area (Å²) in [5.41, 5.74) is 4.47. The fourth-order valence-electron chi connectivity index (χ4n) is 1.19. The maximum absolute atomic E-state index is 9.22. The molecular formula is C12H21N3O. The fraction of sp³-hybridized carbons (Fsp3) is 0.500. The van der Waals surface area contributed by atoms with E-state index in [1.54, 1.807) is 12.4 Å². The standard InChI is InChI=1S/C5H11N.C5H5N.C2H5NO/c1-6-4-2-3-5-6;1-2-4-6-5-3-1;1-2(3)4/h2-5H2,1H3;1-5H;1H3,(H2,3,4). The molecule has 0 radical (unpaired) electrons. The van der Waals surface area contributed by atoms with Gasteiger partial charge in [0.05, 0.1) is 0 Å². The molecule has 0 aliphatic carbocycles. The summed E-state index contributed by atoms with van der Waals surface area (Å²) >= 11 is 0. The number of nitrogens with two attached hydrogens (primary N) is 1. The summed E-state index contributed by atoms with van der Waals surface area (Å²) < 4.78 is 0. The Morgan fingerprint density at radius 2 is 1.62 bits per heavy atom. The van der Waals surface area contributed by atoms with Crippen LogP contribution in [0.1, 0.15) is 19.8 Å². The van der Waals surface area contributed by atoms with Crippen molar-refractivity contribution in [1.29, 1.82) is 0 Å². The van der Waals surface area contributed by atoms with Crippen LogP contribution in [0.15, 0.2) is 30.6 Å². The zero-order chi connectivity index (χ0) is 12.2. The zero-order valence-corrected chi connectivity index (χ0v) is 10.1. The Bertz CT molecular complexity index is 228. The van der Waals surface area contributed by atoms with Gasteiger partial charge >= 0.3 is 0 Å². The van der Waals surface area contributed by atoms with E-state index in [1.807, 2.05) is 18.2 Å². The van der Waals surface area contributed by atoms with Gasteiger partial charge in [0.15, 0.2) is 0 Å². The normalized spacial score (nSPS) is 14.1. The average molecular weight is 223 g/mol. The van der Waals surface area contributed by atoms with Crippen molar-refractivity contribution >= 4 is 5.91 Å². The first-order chi connectivity index (χ1) is 7.63. The van der Waals surface area contributed by atoms with Crippen molar-refractivity contribution in [2.45, 2.75) is 19.8 Å². The highest BCUT2D eigenvalue weighted by Gasteiger charge is 2.03. The van der Waals surface area contributed by atoms with Crippen LogP contribution in [0.25, 0.3) is 0 Å². The number of amides is 1. The minimum Gasteiger partial charge on any atom is -0.370 e. The number of likely N-dealkylation sites (tertiary alicyclic amines) is 1. The number of aromatic nitrogens is 1. The van der Waals surface area contributed by atoms with E-state index >= 15 is 0 Å². The summed E-state index contributed by atoms with van der Waals surface area (Å²) in [4.78, 5) is 15.4. The third kappa shape index (κ3) is 12.6. The van der Waals surface area contributed by atoms with E-state index in [2.05, 4.69) is 22.7 Å². The molecule has 2 N–H and O–H groups in total. The number of nitrogens with zero attached hydrogens (tertiary/aromatic N) is 2. The zero-order valence-electron chi connectivity index (χ0n) is 10.1. The molecule has 1 aliphatic rings. The lowest BCUT2D eigenvalue weighted by molar-refractivity contribution is -0.115. The maximum Gasteiger partial charge on any atom is 0.214 e. The van der Waals surface area contributed by atoms with E-state index in [-0.39, 0.29) is 5.91 Å². The van der Waals surface area contributed by atoms with Crippen LogP contribution in [0.4, 0.5) is 0 Å². The molecule has 1 fully saturated rings. The van der Waals surface area contributed by atoms with Crippen LogP contribution < -0.4 is 5.73 Å². The minimum absolute atomic E-state index is 0.333. The Hall–Kier alpha value is -1.42. The molecule has 0 saturated carbocycles. The van der Waals surface area contributed by atoms with Gasteiger partial charge < -0.3 is 10.6 Å². The molecule has 2 rings (SSSR count). The van der Waals surface area contributed by atoms with Crippen LogP contribution in [-0.2, 0) is 4.79 Å². The summed E-state index contributed by atoms with van der Waals surface area (Å²) in [7, 11) is 2.17. The van der Waals surface area contributed by atoms with Gasteiger partial charge in [-0.2, -0.15) is 0 Å². The molecule has 4 nitrogen and oxygen atoms in total. The van der Waals surface area contributed by atoms with Crippen molar-refractivity contribution < 1.29 is 4.79 Å². The lowest BCUT2D eigenvalue weighted by Crippen LogP contribution is -2.10. The molecule has 90 valence electrons. The van der Waals surface area contributed by atoms with Crippen molar-refractivity contribution in [3.05, 3.63) is 30.6 Å². The van der Waals surface area contributed by atoms with Gasteiger partial charge in [-0.15, -0.1) is 0 Å². The highest BCUT2D eigenvalue weighted by molar-refractivity contribution is 5.70. The number of pyridine rings is 1. The summed E-state index contributed by atoms with van der Waals surface area (Å²) in [5.74, 6) is -0.333. The van der Waals surface area contributed by atoms with E-state index in [4.69, 9.17) is 0 Å². The van der Waals surface area contributed by atoms with E-state index in [0.717, 1.165) is 0 Å². The van der Waals surface area contributed by atoms with Gasteiger partial charge in [0.1, 0.15) is 0 Å². The number of hydrogen-bond acceptors (Lipinski definition) is 3. The molecular weight excluding hydrogens is 202 g/mol. The highest BCUT2D eigenvalue weighted by atomic mass is 16.1. The molecule has 4 heteroatoms. The number of rotatable bonds is 0. The van der Waals surface area contributed by atoms with Crippen LogP contribution >= 0.6 is 0 Å². The van der Waals surface area contributed by atoms with Crippen molar-refractivity contribution in [2.75, 3.05) is 20.1 Å². The van der Waals surface area contributed by atoms with Crippen LogP contribution in [0.2, 0.25) is 0 Å². The molecule has 1 aromatic heterocycles. The minimum atomic E-state index is -0.333. The van der Waals surface area contributed by atoms with Crippen LogP contribution in [0.3, 0.4) is 0 Å². The first-order valence-corrected chi connectivity index (χ1v) is 5.42. The van der Waals surface area contributed by atoms with Gasteiger partial charge in [0, 0.05) is 19.3 Å². The summed E-state index contributed by atoms with van der Waals surface area (Å²) in [6.45, 7) is 3.94. The smallest absolute Gasteiger partial charge is 0.214 e. The average Bonchev–Trinajstić information content (AvgIpc) is 2.72. The summed E-state index contributed by atoms with van der Waals surface area (Å²) in [6, 6.07) is 5.72. The Kier molecular flexibility index (Phi) is 9.21. The van der Waals surface area contributed by atoms with Gasteiger partial charge in [-0.3, -0.25) is 9.78 Å². The Morgan fingerprint density at radius 1 is 1.19 bits per heavy atom. The Labute approximate surface area is 97.5 Å². The van der Waals surface area contributed by atoms with Crippen LogP contribution in [0.5, 0.6) is 0 Å². The fourth-order valence-corrected chi connectivity index (χ4v) is 1.19. The molecule has 1 amide bonds. The number of primary amides is 1. The molecule has 0 spiro atoms. The lowest BCUT2D eigenvalue weighted by Gasteiger charge is -2.01. The molecule has 2 heterocycles. The number of carbonyl (C=O) groups is 1. The van der Waals surface area contributed by atoms with Crippen molar-refractivity contribution in [2.24, 2.45) is 5.73 Å². The van der Waals surface area contributed by atoms with E-state index < -0.39 is 0 Å². The first kappa shape index (κ1) is 14.6. The van der Waals surface area contributed by atoms with Crippen LogP contribution in [-0.4, -0.2) is 35.9 Å². The van der Waals surface area contributed by atoms with Gasteiger partial charge in [-0.05, 0) is 45.1 Å². The summed E-state index contributed by atoms with van der Waals surface area (Å²) in [5, 5.41) is 0. The second-order valence-corrected chi connectivity index (χ2v) is 3.65. The summed E-state index contributed by atoms with van der Waals surface area (Å²) in [6.07, 6.45) is 6.33. The predicted octanol–water partition coefficient (Wildman–Crippen LogP) is 1.29. The molecule has 0 unspecified atom stereocenters. The van der Waals surface area contributed by atoms with E-state index in [0.29, 0.717) is 0 Å². The molecule has 0 aromatic carbocycles. The van der Waals surface area contributed by atoms with Crippen molar-refractivity contribution in [3.8, 4) is 0 Å². The van der Waals surface area contributed by atoms with Gasteiger partial charge in [-0.1, -0.05) is 6.07 Å². The van der Waals surface area contributed by atoms with Gasteiger partial charge in [0.2, 0.25) is 5.91 Å². The third-order valence-electron chi connectivity index (χ3n) is 1.90. The largest absolute Gasteiger partial charge is 0.370 e. The SMILES string of the molecule is CC(N)=O.CN1CCCC1.c1ccncc1. The monoisotopic (exact) mass is 223 g/mol. The van der Waals surface area contributed by atoms with Crippen molar-refractivity contribution in [1.82, 2.24) is 9.88 Å². The van der Waals surface area contributed by atoms with Crippen LogP contribution in [0, 0.1) is 0 Å². The first-order valence-electron chi connectivity index (χ1n) is 5.42. The molecule has 1 saturated heterocycles. The van der Waals surface area contributed by atoms with Crippen molar-refractivity contribution in [3.63, 3.8) is 0 Å². The van der Waals surface area contributed by atoms with E-state index in [9.17, 15) is 4.79 Å². The van der Waals surface area contributed by atoms with E-state index in [1.165, 1.54) is 32.9 Å². The highest BCUT2D eigenvalue weighted by Crippen LogP contribution is 2.02. The van der Waals surface area contributed by atoms with Gasteiger partial charge in [0.25, 0.3) is 0 Å². The Balaban J connectivity index is 0.000000217. The topological polar surface area (TPSA) is 59.2 Å². The molecule has 0 atom stereocenters. The molecule has 16 heavy (non-hydrogen) atoms. The predicted molar refractivity (Wildman–Crippen MR) is 65.8 cm³/mol. The quantitative estimate of drug-likeness (QED) is 0.721. The molecule has 1 aliphatic heterocycles. The molecule has 1 aromatic rings. The Morgan fingerprint density at radius 3 is 1.75 bits per heavy atom. The maximum atomic E-state index is 9.22.